The van der Waals surface area contributed by atoms with Gasteiger partial charge in [0, 0.05) is 28.1 Å². The molecule has 1 unspecified atom stereocenters. The molecule has 0 bridgehead atoms. The fourth-order valence-corrected chi connectivity index (χ4v) is 3.69. The predicted octanol–water partition coefficient (Wildman–Crippen LogP) is 5.21. The maximum absolute atomic E-state index is 13.1. The van der Waals surface area contributed by atoms with E-state index in [-0.39, 0.29) is 11.7 Å². The van der Waals surface area contributed by atoms with Crippen molar-refractivity contribution >= 4 is 27.8 Å². The van der Waals surface area contributed by atoms with Crippen molar-refractivity contribution in [3.8, 4) is 5.75 Å². The van der Waals surface area contributed by atoms with Crippen molar-refractivity contribution in [1.82, 2.24) is 10.3 Å². The molecular weight excluding hydrogens is 376 g/mol. The smallest absolute Gasteiger partial charge is 0.252 e. The highest BCUT2D eigenvalue weighted by Crippen LogP contribution is 2.34. The Morgan fingerprint density at radius 2 is 1.80 bits per heavy atom. The van der Waals surface area contributed by atoms with Crippen molar-refractivity contribution in [2.24, 2.45) is 0 Å². The van der Waals surface area contributed by atoms with Crippen LogP contribution in [0.2, 0.25) is 0 Å². The second-order valence-electron chi connectivity index (χ2n) is 7.07. The van der Waals surface area contributed by atoms with Crippen LogP contribution in [0.15, 0.2) is 95.7 Å². The lowest BCUT2D eigenvalue weighted by Gasteiger charge is -2.21. The number of rotatable bonds is 4. The van der Waals surface area contributed by atoms with Gasteiger partial charge in [-0.1, -0.05) is 48.5 Å². The molecule has 3 aromatic carbocycles. The number of nitrogens with one attached hydrogen (secondary N) is 1. The minimum atomic E-state index is -0.537. The molecule has 2 aromatic heterocycles. The second kappa shape index (κ2) is 7.37. The van der Waals surface area contributed by atoms with E-state index in [0.717, 1.165) is 21.9 Å². The zero-order valence-corrected chi connectivity index (χ0v) is 15.9. The molecule has 0 aliphatic heterocycles. The van der Waals surface area contributed by atoms with Gasteiger partial charge in [0.25, 0.3) is 5.91 Å². The summed E-state index contributed by atoms with van der Waals surface area (Å²) in [6, 6.07) is 23.6. The Balaban J connectivity index is 1.57. The van der Waals surface area contributed by atoms with Crippen LogP contribution in [0.4, 0.5) is 0 Å². The van der Waals surface area contributed by atoms with Gasteiger partial charge >= 0.3 is 0 Å². The first-order chi connectivity index (χ1) is 14.7. The van der Waals surface area contributed by atoms with Crippen LogP contribution in [-0.4, -0.2) is 16.0 Å². The fraction of sp³-hybridized carbons (Fsp3) is 0.0400. The zero-order valence-electron chi connectivity index (χ0n) is 15.9. The highest BCUT2D eigenvalue weighted by atomic mass is 16.3. The molecular formula is C25H18N2O3. The minimum absolute atomic E-state index is 0.0625. The van der Waals surface area contributed by atoms with E-state index in [1.807, 2.05) is 60.7 Å². The van der Waals surface area contributed by atoms with Gasteiger partial charge in [0.1, 0.15) is 16.8 Å². The quantitative estimate of drug-likeness (QED) is 0.439. The standard InChI is InChI=1S/C25H18N2O3/c28-24-20(10-8-17-7-4-13-26-23(17)24)22(16-5-2-1-3-6-16)27-25(29)19-9-11-21-18(15-19)12-14-30-21/h1-15,22,28H,(H,27,29). The molecule has 0 spiro atoms. The largest absolute Gasteiger partial charge is 0.505 e. The van der Waals surface area contributed by atoms with E-state index in [2.05, 4.69) is 10.3 Å². The lowest BCUT2D eigenvalue weighted by atomic mass is 9.96. The third-order valence-corrected chi connectivity index (χ3v) is 5.21. The molecule has 0 radical (unpaired) electrons. The lowest BCUT2D eigenvalue weighted by Crippen LogP contribution is -2.29. The molecule has 0 aliphatic rings. The van der Waals surface area contributed by atoms with Gasteiger partial charge in [-0.25, -0.2) is 0 Å². The average Bonchev–Trinajstić information content (AvgIpc) is 3.27. The zero-order chi connectivity index (χ0) is 20.5. The van der Waals surface area contributed by atoms with Crippen LogP contribution < -0.4 is 5.32 Å². The number of hydrogen-bond donors (Lipinski definition) is 2. The Labute approximate surface area is 172 Å². The summed E-state index contributed by atoms with van der Waals surface area (Å²) >= 11 is 0. The highest BCUT2D eigenvalue weighted by molar-refractivity contribution is 5.98. The number of pyridine rings is 1. The Bertz CT molecular complexity index is 1360. The number of phenols is 1. The molecule has 5 heteroatoms. The summed E-state index contributed by atoms with van der Waals surface area (Å²) in [5, 5.41) is 15.7. The number of carbonyl (C=O) groups is 1. The SMILES string of the molecule is O=C(NC(c1ccccc1)c1ccc2cccnc2c1O)c1ccc2occc2c1. The summed E-state index contributed by atoms with van der Waals surface area (Å²) in [4.78, 5) is 17.4. The third-order valence-electron chi connectivity index (χ3n) is 5.21. The molecule has 30 heavy (non-hydrogen) atoms. The Morgan fingerprint density at radius 3 is 2.67 bits per heavy atom. The van der Waals surface area contributed by atoms with Gasteiger partial charge in [-0.05, 0) is 35.9 Å². The van der Waals surface area contributed by atoms with E-state index in [9.17, 15) is 9.90 Å². The van der Waals surface area contributed by atoms with Gasteiger partial charge in [0.05, 0.1) is 12.3 Å². The summed E-state index contributed by atoms with van der Waals surface area (Å²) in [5.74, 6) is -0.181. The molecule has 0 saturated heterocycles. The first-order valence-electron chi connectivity index (χ1n) is 9.60. The third kappa shape index (κ3) is 3.16. The number of amides is 1. The molecule has 5 rings (SSSR count). The lowest BCUT2D eigenvalue weighted by molar-refractivity contribution is 0.0943. The van der Waals surface area contributed by atoms with E-state index in [1.165, 1.54) is 0 Å². The second-order valence-corrected chi connectivity index (χ2v) is 7.07. The molecule has 146 valence electrons. The van der Waals surface area contributed by atoms with E-state index in [0.29, 0.717) is 16.6 Å². The summed E-state index contributed by atoms with van der Waals surface area (Å²) in [6.07, 6.45) is 3.24. The van der Waals surface area contributed by atoms with Crippen LogP contribution in [0.3, 0.4) is 0 Å². The van der Waals surface area contributed by atoms with Gasteiger partial charge in [-0.15, -0.1) is 0 Å². The number of furan rings is 1. The van der Waals surface area contributed by atoms with Crippen molar-refractivity contribution in [2.75, 3.05) is 0 Å². The molecule has 1 amide bonds. The van der Waals surface area contributed by atoms with Crippen LogP contribution in [0.1, 0.15) is 27.5 Å². The van der Waals surface area contributed by atoms with Crippen molar-refractivity contribution in [3.05, 3.63) is 108 Å². The van der Waals surface area contributed by atoms with Crippen molar-refractivity contribution in [1.29, 1.82) is 0 Å². The molecule has 2 heterocycles. The van der Waals surface area contributed by atoms with E-state index in [1.54, 1.807) is 30.7 Å². The number of fused-ring (bicyclic) bond motifs is 2. The number of aromatic hydroxyl groups is 1. The van der Waals surface area contributed by atoms with E-state index >= 15 is 0 Å². The van der Waals surface area contributed by atoms with Crippen LogP contribution >= 0.6 is 0 Å². The summed E-state index contributed by atoms with van der Waals surface area (Å²) < 4.78 is 5.36. The number of nitrogens with zero attached hydrogens (tertiary/aromatic N) is 1. The van der Waals surface area contributed by atoms with E-state index < -0.39 is 6.04 Å². The monoisotopic (exact) mass is 394 g/mol. The number of aromatic nitrogens is 1. The van der Waals surface area contributed by atoms with Gasteiger partial charge in [0.15, 0.2) is 0 Å². The van der Waals surface area contributed by atoms with E-state index in [4.69, 9.17) is 4.42 Å². The van der Waals surface area contributed by atoms with Crippen LogP contribution in [-0.2, 0) is 0 Å². The Hall–Kier alpha value is -4.12. The number of hydrogen-bond acceptors (Lipinski definition) is 4. The summed E-state index contributed by atoms with van der Waals surface area (Å²) in [7, 11) is 0. The van der Waals surface area contributed by atoms with Crippen LogP contribution in [0.5, 0.6) is 5.75 Å². The van der Waals surface area contributed by atoms with Crippen LogP contribution in [0.25, 0.3) is 21.9 Å². The molecule has 1 atom stereocenters. The maximum atomic E-state index is 13.1. The number of benzene rings is 3. The number of carbonyl (C=O) groups excluding carboxylic acids is 1. The van der Waals surface area contributed by atoms with Crippen molar-refractivity contribution in [2.45, 2.75) is 6.04 Å². The predicted molar refractivity (Wildman–Crippen MR) is 115 cm³/mol. The summed E-state index contributed by atoms with van der Waals surface area (Å²) in [5.41, 5.74) is 3.20. The summed E-state index contributed by atoms with van der Waals surface area (Å²) in [6.45, 7) is 0. The normalized spacial score (nSPS) is 12.1. The molecule has 5 aromatic rings. The molecule has 0 saturated carbocycles. The van der Waals surface area contributed by atoms with Gasteiger partial charge in [-0.3, -0.25) is 9.78 Å². The van der Waals surface area contributed by atoms with Crippen molar-refractivity contribution < 1.29 is 14.3 Å². The van der Waals surface area contributed by atoms with Crippen LogP contribution in [0, 0.1) is 0 Å². The highest BCUT2D eigenvalue weighted by Gasteiger charge is 2.22. The maximum Gasteiger partial charge on any atom is 0.252 e. The van der Waals surface area contributed by atoms with Gasteiger partial charge in [-0.2, -0.15) is 0 Å². The topological polar surface area (TPSA) is 75.4 Å². The van der Waals surface area contributed by atoms with Gasteiger partial charge in [0.2, 0.25) is 0 Å². The molecule has 0 aliphatic carbocycles. The minimum Gasteiger partial charge on any atom is -0.505 e. The molecule has 0 fully saturated rings. The fourth-order valence-electron chi connectivity index (χ4n) is 3.69. The first kappa shape index (κ1) is 17.9. The number of phenolic OH excluding ortho intramolecular Hbond substituents is 1. The molecule has 2 N–H and O–H groups in total. The Morgan fingerprint density at radius 1 is 0.933 bits per heavy atom. The Kier molecular flexibility index (Phi) is 4.41. The van der Waals surface area contributed by atoms with Crippen molar-refractivity contribution in [3.63, 3.8) is 0 Å². The average molecular weight is 394 g/mol. The van der Waals surface area contributed by atoms with Gasteiger partial charge < -0.3 is 14.8 Å². The molecule has 5 nitrogen and oxygen atoms in total. The first-order valence-corrected chi connectivity index (χ1v) is 9.60.